The molecule has 0 heterocycles. The molecule has 0 fully saturated rings. The Labute approximate surface area is 83.5 Å². The molecule has 0 saturated carbocycles. The van der Waals surface area contributed by atoms with E-state index in [0.29, 0.717) is 0 Å². The fraction of sp³-hybridized carbons (Fsp3) is 0.857. The normalized spacial score (nSPS) is 15.1. The Bertz CT molecular complexity index is 310. The lowest BCUT2D eigenvalue weighted by Gasteiger charge is -2.25. The van der Waals surface area contributed by atoms with Crippen molar-refractivity contribution in [2.24, 2.45) is 5.73 Å². The number of aliphatic carboxylic acids is 1. The SMILES string of the molecule is CC(C(=O)O)S(=O)(=O)NC(C)(C)CN. The summed E-state index contributed by atoms with van der Waals surface area (Å²) in [5.74, 6) is -1.38. The molecule has 6 nitrogen and oxygen atoms in total. The fourth-order valence-electron chi connectivity index (χ4n) is 0.648. The first-order valence-corrected chi connectivity index (χ1v) is 5.63. The summed E-state index contributed by atoms with van der Waals surface area (Å²) < 4.78 is 25.0. The molecular weight excluding hydrogens is 208 g/mol. The molecule has 1 atom stereocenters. The fourth-order valence-corrected chi connectivity index (χ4v) is 1.94. The molecule has 0 aromatic heterocycles. The highest BCUT2D eigenvalue weighted by Crippen LogP contribution is 2.06. The van der Waals surface area contributed by atoms with E-state index in [1.165, 1.54) is 0 Å². The van der Waals surface area contributed by atoms with Crippen LogP contribution in [0.3, 0.4) is 0 Å². The molecule has 4 N–H and O–H groups in total. The van der Waals surface area contributed by atoms with E-state index in [0.717, 1.165) is 6.92 Å². The van der Waals surface area contributed by atoms with Gasteiger partial charge >= 0.3 is 5.97 Å². The molecule has 84 valence electrons. The number of hydrogen-bond donors (Lipinski definition) is 3. The number of rotatable bonds is 5. The maximum Gasteiger partial charge on any atom is 0.323 e. The summed E-state index contributed by atoms with van der Waals surface area (Å²) in [6, 6.07) is 0. The van der Waals surface area contributed by atoms with E-state index in [9.17, 15) is 13.2 Å². The van der Waals surface area contributed by atoms with Crippen LogP contribution < -0.4 is 10.5 Å². The molecule has 7 heteroatoms. The van der Waals surface area contributed by atoms with Crippen LogP contribution in [-0.4, -0.2) is 36.8 Å². The van der Waals surface area contributed by atoms with E-state index < -0.39 is 26.8 Å². The van der Waals surface area contributed by atoms with Gasteiger partial charge in [0, 0.05) is 12.1 Å². The molecule has 0 aliphatic heterocycles. The van der Waals surface area contributed by atoms with Crippen LogP contribution in [0.5, 0.6) is 0 Å². The third-order valence-electron chi connectivity index (χ3n) is 1.74. The van der Waals surface area contributed by atoms with E-state index in [4.69, 9.17) is 10.8 Å². The average molecular weight is 224 g/mol. The van der Waals surface area contributed by atoms with Crippen molar-refractivity contribution >= 4 is 16.0 Å². The third kappa shape index (κ3) is 3.60. The molecule has 0 spiro atoms. The van der Waals surface area contributed by atoms with E-state index in [2.05, 4.69) is 4.72 Å². The topological polar surface area (TPSA) is 109 Å². The lowest BCUT2D eigenvalue weighted by atomic mass is 10.1. The standard InChI is InChI=1S/C7H16N2O4S/c1-5(6(10)11)14(12,13)9-7(2,3)4-8/h5,9H,4,8H2,1-3H3,(H,10,11). The molecule has 0 aromatic carbocycles. The molecule has 0 aliphatic carbocycles. The van der Waals surface area contributed by atoms with Crippen molar-refractivity contribution in [3.8, 4) is 0 Å². The Morgan fingerprint density at radius 1 is 1.57 bits per heavy atom. The molecule has 0 radical (unpaired) electrons. The van der Waals surface area contributed by atoms with Gasteiger partial charge in [-0.2, -0.15) is 0 Å². The van der Waals surface area contributed by atoms with E-state index >= 15 is 0 Å². The van der Waals surface area contributed by atoms with E-state index in [-0.39, 0.29) is 6.54 Å². The van der Waals surface area contributed by atoms with Gasteiger partial charge in [-0.25, -0.2) is 13.1 Å². The second-order valence-corrected chi connectivity index (χ2v) is 5.72. The minimum Gasteiger partial charge on any atom is -0.480 e. The summed E-state index contributed by atoms with van der Waals surface area (Å²) >= 11 is 0. The van der Waals surface area contributed by atoms with Crippen molar-refractivity contribution in [2.45, 2.75) is 31.6 Å². The highest BCUT2D eigenvalue weighted by molar-refractivity contribution is 7.90. The number of hydrogen-bond acceptors (Lipinski definition) is 4. The highest BCUT2D eigenvalue weighted by atomic mass is 32.2. The molecule has 0 aromatic rings. The van der Waals surface area contributed by atoms with Gasteiger partial charge in [0.25, 0.3) is 0 Å². The second kappa shape index (κ2) is 4.24. The van der Waals surface area contributed by atoms with Gasteiger partial charge in [-0.15, -0.1) is 0 Å². The minimum atomic E-state index is -3.86. The molecule has 1 unspecified atom stereocenters. The average Bonchev–Trinajstić information content (AvgIpc) is 2.01. The number of carboxylic acids is 1. The number of carbonyl (C=O) groups is 1. The van der Waals surface area contributed by atoms with Crippen molar-refractivity contribution in [3.05, 3.63) is 0 Å². The highest BCUT2D eigenvalue weighted by Gasteiger charge is 2.32. The molecule has 0 saturated heterocycles. The van der Waals surface area contributed by atoms with Crippen molar-refractivity contribution in [3.63, 3.8) is 0 Å². The molecule has 0 rings (SSSR count). The Hall–Kier alpha value is -0.660. The van der Waals surface area contributed by atoms with Crippen LogP contribution in [0.1, 0.15) is 20.8 Å². The zero-order valence-electron chi connectivity index (χ0n) is 8.44. The van der Waals surface area contributed by atoms with Crippen LogP contribution in [0.4, 0.5) is 0 Å². The first kappa shape index (κ1) is 13.3. The van der Waals surface area contributed by atoms with Gasteiger partial charge in [-0.1, -0.05) is 0 Å². The smallest absolute Gasteiger partial charge is 0.323 e. The van der Waals surface area contributed by atoms with Crippen LogP contribution in [0.15, 0.2) is 0 Å². The van der Waals surface area contributed by atoms with Crippen molar-refractivity contribution in [1.29, 1.82) is 0 Å². The van der Waals surface area contributed by atoms with Crippen molar-refractivity contribution < 1.29 is 18.3 Å². The quantitative estimate of drug-likeness (QED) is 0.561. The number of nitrogens with two attached hydrogens (primary N) is 1. The summed E-state index contributed by atoms with van der Waals surface area (Å²) in [5.41, 5.74) is 4.48. The molecule has 14 heavy (non-hydrogen) atoms. The second-order valence-electron chi connectivity index (χ2n) is 3.72. The van der Waals surface area contributed by atoms with Crippen molar-refractivity contribution in [2.75, 3.05) is 6.54 Å². The van der Waals surface area contributed by atoms with Gasteiger partial charge in [-0.3, -0.25) is 4.79 Å². The maximum atomic E-state index is 11.4. The van der Waals surface area contributed by atoms with Crippen LogP contribution in [0, 0.1) is 0 Å². The van der Waals surface area contributed by atoms with Gasteiger partial charge in [0.15, 0.2) is 5.25 Å². The van der Waals surface area contributed by atoms with Crippen LogP contribution in [0.25, 0.3) is 0 Å². The van der Waals surface area contributed by atoms with Crippen LogP contribution >= 0.6 is 0 Å². The lowest BCUT2D eigenvalue weighted by Crippen LogP contribution is -2.52. The van der Waals surface area contributed by atoms with Crippen molar-refractivity contribution in [1.82, 2.24) is 4.72 Å². The predicted octanol–water partition coefficient (Wildman–Crippen LogP) is -0.884. The first-order valence-electron chi connectivity index (χ1n) is 4.08. The summed E-state index contributed by atoms with van der Waals surface area (Å²) in [6.45, 7) is 4.37. The van der Waals surface area contributed by atoms with E-state index in [1.54, 1.807) is 13.8 Å². The van der Waals surface area contributed by atoms with Crippen LogP contribution in [-0.2, 0) is 14.8 Å². The van der Waals surface area contributed by atoms with Gasteiger partial charge in [0.1, 0.15) is 0 Å². The largest absolute Gasteiger partial charge is 0.480 e. The first-order chi connectivity index (χ1) is 6.12. The van der Waals surface area contributed by atoms with Gasteiger partial charge in [0.2, 0.25) is 10.0 Å². The maximum absolute atomic E-state index is 11.4. The third-order valence-corrected chi connectivity index (χ3v) is 3.71. The zero-order chi connectivity index (χ0) is 11.6. The monoisotopic (exact) mass is 224 g/mol. The summed E-state index contributed by atoms with van der Waals surface area (Å²) in [5, 5.41) is 7.06. The Kier molecular flexibility index (Phi) is 4.04. The summed E-state index contributed by atoms with van der Waals surface area (Å²) in [4.78, 5) is 10.5. The van der Waals surface area contributed by atoms with E-state index in [1.807, 2.05) is 0 Å². The number of carboxylic acid groups (broad SMARTS) is 1. The molecule has 0 aliphatic rings. The van der Waals surface area contributed by atoms with Crippen LogP contribution in [0.2, 0.25) is 0 Å². The Balaban J connectivity index is 4.75. The number of sulfonamides is 1. The Morgan fingerprint density at radius 2 is 2.00 bits per heavy atom. The van der Waals surface area contributed by atoms with Gasteiger partial charge in [0.05, 0.1) is 0 Å². The zero-order valence-corrected chi connectivity index (χ0v) is 9.26. The molecular formula is C7H16N2O4S. The number of nitrogens with one attached hydrogen (secondary N) is 1. The molecule has 0 amide bonds. The van der Waals surface area contributed by atoms with Gasteiger partial charge in [-0.05, 0) is 20.8 Å². The minimum absolute atomic E-state index is 0.0958. The summed E-state index contributed by atoms with van der Waals surface area (Å²) in [6.07, 6.45) is 0. The molecule has 0 bridgehead atoms. The van der Waals surface area contributed by atoms with Gasteiger partial charge < -0.3 is 10.8 Å². The predicted molar refractivity (Wildman–Crippen MR) is 52.3 cm³/mol. The Morgan fingerprint density at radius 3 is 2.29 bits per heavy atom. The summed E-state index contributed by atoms with van der Waals surface area (Å²) in [7, 11) is -3.86. The lowest BCUT2D eigenvalue weighted by molar-refractivity contribution is -0.136.